The number of aryl methyl sites for hydroxylation is 2. The molecule has 0 amide bonds. The SMILES string of the molecule is Cc1cc(C)nc(Sc2ccc(C3=NCCO3)cc2)n1. The third kappa shape index (κ3) is 2.99. The van der Waals surface area contributed by atoms with Gasteiger partial charge in [0.1, 0.15) is 6.61 Å². The van der Waals surface area contributed by atoms with Crippen LogP contribution in [0.1, 0.15) is 17.0 Å². The smallest absolute Gasteiger partial charge is 0.216 e. The summed E-state index contributed by atoms with van der Waals surface area (Å²) in [5, 5.41) is 0.782. The Kier molecular flexibility index (Phi) is 3.69. The zero-order valence-corrected chi connectivity index (χ0v) is 12.3. The van der Waals surface area contributed by atoms with Gasteiger partial charge in [0.25, 0.3) is 0 Å². The van der Waals surface area contributed by atoms with Gasteiger partial charge in [0.2, 0.25) is 5.90 Å². The fraction of sp³-hybridized carbons (Fsp3) is 0.267. The third-order valence-corrected chi connectivity index (χ3v) is 3.73. The van der Waals surface area contributed by atoms with Gasteiger partial charge in [-0.05, 0) is 55.9 Å². The molecule has 3 rings (SSSR count). The maximum atomic E-state index is 5.45. The van der Waals surface area contributed by atoms with E-state index in [1.807, 2.05) is 44.2 Å². The standard InChI is InChI=1S/C15H15N3OS/c1-10-9-11(2)18-15(17-10)20-13-5-3-12(4-6-13)14-16-7-8-19-14/h3-6,9H,7-8H2,1-2H3. The Hall–Kier alpha value is -1.88. The first-order valence-electron chi connectivity index (χ1n) is 6.48. The van der Waals surface area contributed by atoms with Gasteiger partial charge in [-0.1, -0.05) is 0 Å². The van der Waals surface area contributed by atoms with E-state index in [0.717, 1.165) is 39.4 Å². The van der Waals surface area contributed by atoms with Crippen LogP contribution < -0.4 is 0 Å². The molecule has 0 bridgehead atoms. The van der Waals surface area contributed by atoms with E-state index in [9.17, 15) is 0 Å². The van der Waals surface area contributed by atoms with Crippen molar-refractivity contribution in [2.24, 2.45) is 4.99 Å². The van der Waals surface area contributed by atoms with Crippen LogP contribution in [-0.2, 0) is 4.74 Å². The quantitative estimate of drug-likeness (QED) is 0.813. The number of aliphatic imine (C=N–C) groups is 1. The van der Waals surface area contributed by atoms with Crippen LogP contribution in [0.25, 0.3) is 0 Å². The number of hydrogen-bond acceptors (Lipinski definition) is 5. The second-order valence-corrected chi connectivity index (χ2v) is 5.64. The highest BCUT2D eigenvalue weighted by Crippen LogP contribution is 2.25. The molecule has 1 aromatic heterocycles. The van der Waals surface area contributed by atoms with Crippen molar-refractivity contribution in [2.75, 3.05) is 13.2 Å². The lowest BCUT2D eigenvalue weighted by molar-refractivity contribution is 0.348. The first-order valence-corrected chi connectivity index (χ1v) is 7.30. The Morgan fingerprint density at radius 1 is 1.05 bits per heavy atom. The number of nitrogens with zero attached hydrogens (tertiary/aromatic N) is 3. The van der Waals surface area contributed by atoms with Crippen molar-refractivity contribution in [3.63, 3.8) is 0 Å². The zero-order chi connectivity index (χ0) is 13.9. The largest absolute Gasteiger partial charge is 0.476 e. The van der Waals surface area contributed by atoms with Crippen LogP contribution >= 0.6 is 11.8 Å². The lowest BCUT2D eigenvalue weighted by atomic mass is 10.2. The van der Waals surface area contributed by atoms with E-state index in [-0.39, 0.29) is 0 Å². The van der Waals surface area contributed by atoms with Crippen molar-refractivity contribution in [1.82, 2.24) is 9.97 Å². The zero-order valence-electron chi connectivity index (χ0n) is 11.5. The van der Waals surface area contributed by atoms with Crippen molar-refractivity contribution >= 4 is 17.7 Å². The van der Waals surface area contributed by atoms with Gasteiger partial charge in [-0.25, -0.2) is 15.0 Å². The number of benzene rings is 1. The van der Waals surface area contributed by atoms with E-state index in [1.54, 1.807) is 11.8 Å². The molecule has 0 atom stereocenters. The Balaban J connectivity index is 1.77. The first-order chi connectivity index (χ1) is 9.70. The highest BCUT2D eigenvalue weighted by atomic mass is 32.2. The second-order valence-electron chi connectivity index (χ2n) is 4.60. The fourth-order valence-electron chi connectivity index (χ4n) is 2.02. The molecular weight excluding hydrogens is 270 g/mol. The van der Waals surface area contributed by atoms with Gasteiger partial charge < -0.3 is 4.74 Å². The predicted molar refractivity (Wildman–Crippen MR) is 79.4 cm³/mol. The van der Waals surface area contributed by atoms with E-state index < -0.39 is 0 Å². The summed E-state index contributed by atoms with van der Waals surface area (Å²) in [6.45, 7) is 5.40. The molecule has 1 aliphatic rings. The van der Waals surface area contributed by atoms with Crippen LogP contribution in [0.3, 0.4) is 0 Å². The first kappa shape index (κ1) is 13.1. The van der Waals surface area contributed by atoms with E-state index in [4.69, 9.17) is 4.74 Å². The summed E-state index contributed by atoms with van der Waals surface area (Å²) in [4.78, 5) is 14.3. The molecule has 102 valence electrons. The molecule has 2 aromatic rings. The Morgan fingerprint density at radius 3 is 2.35 bits per heavy atom. The molecule has 4 nitrogen and oxygen atoms in total. The average Bonchev–Trinajstić information content (AvgIpc) is 2.92. The highest BCUT2D eigenvalue weighted by Gasteiger charge is 2.10. The van der Waals surface area contributed by atoms with Crippen molar-refractivity contribution in [3.8, 4) is 0 Å². The number of ether oxygens (including phenoxy) is 1. The minimum absolute atomic E-state index is 0.683. The minimum atomic E-state index is 0.683. The minimum Gasteiger partial charge on any atom is -0.476 e. The molecule has 0 spiro atoms. The number of aromatic nitrogens is 2. The fourth-order valence-corrected chi connectivity index (χ4v) is 2.88. The van der Waals surface area contributed by atoms with Gasteiger partial charge in [-0.2, -0.15) is 0 Å². The summed E-state index contributed by atoms with van der Waals surface area (Å²) in [5.41, 5.74) is 3.00. The monoisotopic (exact) mass is 285 g/mol. The summed E-state index contributed by atoms with van der Waals surface area (Å²) in [5.74, 6) is 0.740. The van der Waals surface area contributed by atoms with E-state index >= 15 is 0 Å². The van der Waals surface area contributed by atoms with Gasteiger partial charge in [0.05, 0.1) is 6.54 Å². The molecule has 1 aromatic carbocycles. The summed E-state index contributed by atoms with van der Waals surface area (Å²) < 4.78 is 5.45. The number of hydrogen-bond donors (Lipinski definition) is 0. The molecule has 0 aliphatic carbocycles. The maximum Gasteiger partial charge on any atom is 0.216 e. The van der Waals surface area contributed by atoms with Crippen LogP contribution in [0, 0.1) is 13.8 Å². The summed E-state index contributed by atoms with van der Waals surface area (Å²) in [7, 11) is 0. The molecule has 5 heteroatoms. The Morgan fingerprint density at radius 2 is 1.75 bits per heavy atom. The van der Waals surface area contributed by atoms with Gasteiger partial charge in [-0.15, -0.1) is 0 Å². The average molecular weight is 285 g/mol. The number of rotatable bonds is 3. The van der Waals surface area contributed by atoms with E-state index in [2.05, 4.69) is 15.0 Å². The van der Waals surface area contributed by atoms with Crippen LogP contribution in [0.5, 0.6) is 0 Å². The molecule has 20 heavy (non-hydrogen) atoms. The van der Waals surface area contributed by atoms with Gasteiger partial charge in [0.15, 0.2) is 5.16 Å². The van der Waals surface area contributed by atoms with E-state index in [0.29, 0.717) is 6.61 Å². The van der Waals surface area contributed by atoms with Crippen LogP contribution in [0.4, 0.5) is 0 Å². The van der Waals surface area contributed by atoms with Crippen molar-refractivity contribution in [2.45, 2.75) is 23.9 Å². The van der Waals surface area contributed by atoms with Crippen molar-refractivity contribution in [1.29, 1.82) is 0 Å². The molecule has 1 aliphatic heterocycles. The second kappa shape index (κ2) is 5.63. The summed E-state index contributed by atoms with van der Waals surface area (Å²) in [6, 6.07) is 10.1. The Bertz CT molecular complexity index is 632. The maximum absolute atomic E-state index is 5.45. The van der Waals surface area contributed by atoms with E-state index in [1.165, 1.54) is 0 Å². The topological polar surface area (TPSA) is 47.4 Å². The molecule has 2 heterocycles. The molecule has 0 fully saturated rings. The van der Waals surface area contributed by atoms with Crippen molar-refractivity contribution < 1.29 is 4.74 Å². The molecule has 0 saturated heterocycles. The van der Waals surface area contributed by atoms with Gasteiger partial charge in [-0.3, -0.25) is 0 Å². The van der Waals surface area contributed by atoms with Crippen LogP contribution in [-0.4, -0.2) is 29.0 Å². The van der Waals surface area contributed by atoms with Crippen LogP contribution in [0.2, 0.25) is 0 Å². The van der Waals surface area contributed by atoms with Crippen molar-refractivity contribution in [3.05, 3.63) is 47.3 Å². The highest BCUT2D eigenvalue weighted by molar-refractivity contribution is 7.99. The Labute approximate surface area is 122 Å². The molecule has 0 radical (unpaired) electrons. The molecule has 0 saturated carbocycles. The molecule has 0 N–H and O–H groups in total. The summed E-state index contributed by atoms with van der Waals surface area (Å²) in [6.07, 6.45) is 0. The van der Waals surface area contributed by atoms with Gasteiger partial charge >= 0.3 is 0 Å². The molecular formula is C15H15N3OS. The van der Waals surface area contributed by atoms with Crippen LogP contribution in [0.15, 0.2) is 45.4 Å². The lowest BCUT2D eigenvalue weighted by Gasteiger charge is -2.05. The van der Waals surface area contributed by atoms with Gasteiger partial charge in [0, 0.05) is 21.8 Å². The normalized spacial score (nSPS) is 14.0. The lowest BCUT2D eigenvalue weighted by Crippen LogP contribution is -2.00. The third-order valence-electron chi connectivity index (χ3n) is 2.86. The summed E-state index contributed by atoms with van der Waals surface area (Å²) >= 11 is 1.56. The predicted octanol–water partition coefficient (Wildman–Crippen LogP) is 3.02. The molecule has 0 unspecified atom stereocenters.